The molecule has 1 aromatic carbocycles. The smallest absolute Gasteiger partial charge is 0.408 e. The largest absolute Gasteiger partial charge is 0.465 e. The van der Waals surface area contributed by atoms with Crippen molar-refractivity contribution in [3.05, 3.63) is 48.7 Å². The summed E-state index contributed by atoms with van der Waals surface area (Å²) in [5.41, 5.74) is 7.57. The normalized spacial score (nSPS) is 26.2. The van der Waals surface area contributed by atoms with E-state index >= 15 is 0 Å². The van der Waals surface area contributed by atoms with Crippen molar-refractivity contribution in [3.63, 3.8) is 0 Å². The first-order valence-electron chi connectivity index (χ1n) is 13.1. The number of nitrogens with zero attached hydrogens (tertiary/aromatic N) is 4. The first kappa shape index (κ1) is 26.4. The number of anilines is 2. The number of ether oxygens (including phenoxy) is 1. The van der Waals surface area contributed by atoms with Crippen LogP contribution in [0.5, 0.6) is 0 Å². The van der Waals surface area contributed by atoms with Crippen molar-refractivity contribution in [3.8, 4) is 11.4 Å². The maximum absolute atomic E-state index is 13.3. The molecule has 3 aliphatic rings. The van der Waals surface area contributed by atoms with Crippen molar-refractivity contribution < 1.29 is 23.1 Å². The number of nitrogens with two attached hydrogens (primary N) is 1. The van der Waals surface area contributed by atoms with E-state index in [-0.39, 0.29) is 30.7 Å². The Kier molecular flexibility index (Phi) is 7.08. The van der Waals surface area contributed by atoms with Crippen molar-refractivity contribution in [2.45, 2.75) is 49.4 Å². The van der Waals surface area contributed by atoms with Crippen molar-refractivity contribution in [2.75, 3.05) is 42.7 Å². The molecule has 1 saturated carbocycles. The van der Waals surface area contributed by atoms with Gasteiger partial charge in [-0.15, -0.1) is 6.58 Å². The molecule has 2 unspecified atom stereocenters. The Bertz CT molecular complexity index is 1310. The highest BCUT2D eigenvalue weighted by Gasteiger charge is 2.55. The van der Waals surface area contributed by atoms with Gasteiger partial charge in [0, 0.05) is 35.8 Å². The molecular formula is C27H35N5O5S. The zero-order valence-corrected chi connectivity index (χ0v) is 22.4. The van der Waals surface area contributed by atoms with Gasteiger partial charge in [0.25, 0.3) is 0 Å². The molecule has 2 aromatic rings. The molecule has 0 spiro atoms. The maximum Gasteiger partial charge on any atom is 0.408 e. The zero-order chi connectivity index (χ0) is 27.1. The zero-order valence-electron chi connectivity index (χ0n) is 21.6. The summed E-state index contributed by atoms with van der Waals surface area (Å²) in [5, 5.41) is 8.72. The van der Waals surface area contributed by atoms with E-state index in [0.29, 0.717) is 37.7 Å². The van der Waals surface area contributed by atoms with Gasteiger partial charge in [0.1, 0.15) is 11.2 Å². The number of rotatable bonds is 7. The molecule has 1 aliphatic carbocycles. The molecular weight excluding hydrogens is 506 g/mol. The number of benzene rings is 1. The van der Waals surface area contributed by atoms with Crippen molar-refractivity contribution in [2.24, 2.45) is 5.92 Å². The van der Waals surface area contributed by atoms with Crippen LogP contribution < -0.4 is 10.6 Å². The summed E-state index contributed by atoms with van der Waals surface area (Å²) >= 11 is 0. The Balaban J connectivity index is 1.65. The summed E-state index contributed by atoms with van der Waals surface area (Å²) in [7, 11) is -3.78. The highest BCUT2D eigenvalue weighted by atomic mass is 32.2. The Morgan fingerprint density at radius 2 is 2.00 bits per heavy atom. The number of amides is 1. The summed E-state index contributed by atoms with van der Waals surface area (Å²) in [6.45, 7) is 7.64. The fourth-order valence-electron chi connectivity index (χ4n) is 5.92. The van der Waals surface area contributed by atoms with Gasteiger partial charge in [0.15, 0.2) is 15.7 Å². The van der Waals surface area contributed by atoms with Crippen molar-refractivity contribution in [1.29, 1.82) is 0 Å². The molecule has 0 radical (unpaired) electrons. The van der Waals surface area contributed by atoms with Crippen LogP contribution in [0.2, 0.25) is 0 Å². The van der Waals surface area contributed by atoms with Gasteiger partial charge in [-0.1, -0.05) is 6.08 Å². The van der Waals surface area contributed by atoms with Crippen LogP contribution in [0.15, 0.2) is 43.0 Å². The standard InChI is InChI=1S/C27H35N5O5S/c1-3-14-38(35,36)24-16-27(20-6-7-20,10-11-32(24)26(33)34)22-15-23(31-12-13-37-17-18(31)2)30-25(29-22)19-4-8-21(28)9-5-19/h3-5,8-9,15,18,20,24H,1,6-7,10-14,16-17,28H2,2H3,(H,33,34)/t18-,24?,27?/m0/s1. The summed E-state index contributed by atoms with van der Waals surface area (Å²) in [4.78, 5) is 25.4. The molecule has 5 rings (SSSR count). The quantitative estimate of drug-likeness (QED) is 0.399. The second-order valence-electron chi connectivity index (χ2n) is 10.6. The lowest BCUT2D eigenvalue weighted by atomic mass is 9.71. The molecule has 1 amide bonds. The van der Waals surface area contributed by atoms with E-state index in [0.717, 1.165) is 34.8 Å². The van der Waals surface area contributed by atoms with Gasteiger partial charge in [0.05, 0.1) is 30.7 Å². The van der Waals surface area contributed by atoms with Crippen LogP contribution in [0.3, 0.4) is 0 Å². The molecule has 3 fully saturated rings. The molecule has 0 bridgehead atoms. The number of hydrogen-bond donors (Lipinski definition) is 2. The number of likely N-dealkylation sites (tertiary alicyclic amines) is 1. The number of carboxylic acid groups (broad SMARTS) is 1. The third-order valence-electron chi connectivity index (χ3n) is 8.11. The van der Waals surface area contributed by atoms with Gasteiger partial charge in [-0.3, -0.25) is 4.90 Å². The number of carbonyl (C=O) groups is 1. The number of piperidine rings is 1. The van der Waals surface area contributed by atoms with Crippen molar-refractivity contribution >= 4 is 27.4 Å². The van der Waals surface area contributed by atoms with Gasteiger partial charge >= 0.3 is 6.09 Å². The van der Waals surface area contributed by atoms with Gasteiger partial charge in [-0.05, 0) is 62.8 Å². The summed E-state index contributed by atoms with van der Waals surface area (Å²) in [5.74, 6) is 1.26. The first-order chi connectivity index (χ1) is 18.1. The van der Waals surface area contributed by atoms with E-state index in [1.54, 1.807) is 0 Å². The van der Waals surface area contributed by atoms with E-state index < -0.39 is 26.7 Å². The number of hydrogen-bond acceptors (Lipinski definition) is 8. The predicted molar refractivity (Wildman–Crippen MR) is 146 cm³/mol. The molecule has 38 heavy (non-hydrogen) atoms. The summed E-state index contributed by atoms with van der Waals surface area (Å²) in [6.07, 6.45) is 2.67. The van der Waals surface area contributed by atoms with E-state index in [9.17, 15) is 18.3 Å². The minimum absolute atomic E-state index is 0.109. The Hall–Kier alpha value is -3.18. The molecule has 2 aliphatic heterocycles. The average Bonchev–Trinajstić information content (AvgIpc) is 3.75. The van der Waals surface area contributed by atoms with Gasteiger partial charge in [-0.25, -0.2) is 23.2 Å². The molecule has 204 valence electrons. The topological polar surface area (TPSA) is 139 Å². The average molecular weight is 542 g/mol. The van der Waals surface area contributed by atoms with Crippen molar-refractivity contribution in [1.82, 2.24) is 14.9 Å². The van der Waals surface area contributed by atoms with Crippen LogP contribution in [0, 0.1) is 5.92 Å². The molecule has 1 aromatic heterocycles. The van der Waals surface area contributed by atoms with E-state index in [4.69, 9.17) is 20.4 Å². The molecule has 3 atom stereocenters. The lowest BCUT2D eigenvalue weighted by molar-refractivity contribution is 0.0950. The van der Waals surface area contributed by atoms with E-state index in [1.807, 2.05) is 30.3 Å². The third-order valence-corrected chi connectivity index (χ3v) is 10.1. The number of nitrogen functional groups attached to an aromatic ring is 1. The Morgan fingerprint density at radius 1 is 1.26 bits per heavy atom. The summed E-state index contributed by atoms with van der Waals surface area (Å²) in [6, 6.07) is 9.49. The third kappa shape index (κ3) is 4.96. The molecule has 3 N–H and O–H groups in total. The number of sulfone groups is 1. The maximum atomic E-state index is 13.3. The monoisotopic (exact) mass is 541 g/mol. The van der Waals surface area contributed by atoms with Crippen LogP contribution in [0.25, 0.3) is 11.4 Å². The predicted octanol–water partition coefficient (Wildman–Crippen LogP) is 3.30. The van der Waals surface area contributed by atoms with Gasteiger partial charge in [-0.2, -0.15) is 0 Å². The second-order valence-corrected chi connectivity index (χ2v) is 12.8. The molecule has 11 heteroatoms. The SMILES string of the molecule is C=CCS(=O)(=O)C1CC(c2cc(N3CCOC[C@@H]3C)nc(-c3ccc(N)cc3)n2)(C2CC2)CCN1C(=O)O. The van der Waals surface area contributed by atoms with Gasteiger partial charge < -0.3 is 20.5 Å². The first-order valence-corrected chi connectivity index (χ1v) is 14.8. The lowest BCUT2D eigenvalue weighted by Gasteiger charge is -2.45. The van der Waals surface area contributed by atoms with Crippen LogP contribution in [0.1, 0.15) is 38.3 Å². The number of morpholine rings is 1. The minimum atomic E-state index is -3.78. The Morgan fingerprint density at radius 3 is 2.63 bits per heavy atom. The second kappa shape index (κ2) is 10.2. The fourth-order valence-corrected chi connectivity index (χ4v) is 7.60. The minimum Gasteiger partial charge on any atom is -0.465 e. The van der Waals surface area contributed by atoms with Crippen LogP contribution in [0.4, 0.5) is 16.3 Å². The van der Waals surface area contributed by atoms with Crippen LogP contribution >= 0.6 is 0 Å². The van der Waals surface area contributed by atoms with E-state index in [1.165, 1.54) is 6.08 Å². The highest BCUT2D eigenvalue weighted by molar-refractivity contribution is 7.92. The molecule has 3 heterocycles. The van der Waals surface area contributed by atoms with E-state index in [2.05, 4.69) is 18.4 Å². The molecule has 10 nitrogen and oxygen atoms in total. The lowest BCUT2D eigenvalue weighted by Crippen LogP contribution is -2.55. The van der Waals surface area contributed by atoms with Crippen LogP contribution in [-0.4, -0.2) is 78.0 Å². The molecule has 2 saturated heterocycles. The van der Waals surface area contributed by atoms with Crippen LogP contribution in [-0.2, 0) is 20.0 Å². The fraction of sp³-hybridized carbons (Fsp3) is 0.519. The summed E-state index contributed by atoms with van der Waals surface area (Å²) < 4.78 is 32.2. The Labute approximate surface area is 223 Å². The van der Waals surface area contributed by atoms with Gasteiger partial charge in [0.2, 0.25) is 0 Å². The number of aromatic nitrogens is 2. The highest BCUT2D eigenvalue weighted by Crippen LogP contribution is 2.55.